The van der Waals surface area contributed by atoms with Gasteiger partial charge in [-0.1, -0.05) is 12.1 Å². The Balaban J connectivity index is 2.34. The molecule has 0 saturated heterocycles. The number of benzene rings is 1. The van der Waals surface area contributed by atoms with Crippen molar-refractivity contribution in [1.29, 1.82) is 0 Å². The number of hydrogen-bond donors (Lipinski definition) is 2. The molecule has 1 amide bonds. The molecule has 0 bridgehead atoms. The Labute approximate surface area is 126 Å². The highest BCUT2D eigenvalue weighted by Gasteiger charge is 2.20. The van der Waals surface area contributed by atoms with Crippen LogP contribution in [-0.4, -0.2) is 19.0 Å². The van der Waals surface area contributed by atoms with Crippen molar-refractivity contribution in [2.75, 3.05) is 18.2 Å². The highest BCUT2D eigenvalue weighted by Crippen LogP contribution is 2.29. The Morgan fingerprint density at radius 2 is 1.95 bits per heavy atom. The van der Waals surface area contributed by atoms with Crippen molar-refractivity contribution in [2.45, 2.75) is 13.8 Å². The molecule has 2 rings (SSSR count). The Hall–Kier alpha value is -2.34. The molecule has 2 aromatic rings. The van der Waals surface area contributed by atoms with Gasteiger partial charge >= 0.3 is 5.97 Å². The van der Waals surface area contributed by atoms with Gasteiger partial charge in [0.25, 0.3) is 5.91 Å². The Morgan fingerprint density at radius 3 is 2.62 bits per heavy atom. The van der Waals surface area contributed by atoms with E-state index in [1.807, 2.05) is 19.9 Å². The van der Waals surface area contributed by atoms with Gasteiger partial charge in [0.05, 0.1) is 18.4 Å². The van der Waals surface area contributed by atoms with E-state index in [9.17, 15) is 9.59 Å². The number of aryl methyl sites for hydroxylation is 2. The molecule has 0 aliphatic heterocycles. The van der Waals surface area contributed by atoms with Crippen LogP contribution in [0.25, 0.3) is 0 Å². The second-order valence-electron chi connectivity index (χ2n) is 4.60. The molecule has 0 atom stereocenters. The zero-order valence-corrected chi connectivity index (χ0v) is 12.8. The van der Waals surface area contributed by atoms with Crippen LogP contribution in [0.4, 0.5) is 11.4 Å². The minimum atomic E-state index is -0.472. The van der Waals surface area contributed by atoms with Gasteiger partial charge in [-0.3, -0.25) is 4.79 Å². The van der Waals surface area contributed by atoms with E-state index in [0.29, 0.717) is 21.8 Å². The van der Waals surface area contributed by atoms with E-state index in [-0.39, 0.29) is 5.91 Å². The number of ether oxygens (including phenoxy) is 1. The maximum absolute atomic E-state index is 12.4. The summed E-state index contributed by atoms with van der Waals surface area (Å²) in [5.41, 5.74) is 8.85. The van der Waals surface area contributed by atoms with Crippen molar-refractivity contribution in [2.24, 2.45) is 0 Å². The third kappa shape index (κ3) is 2.90. The first-order valence-electron chi connectivity index (χ1n) is 6.28. The maximum atomic E-state index is 12.4. The maximum Gasteiger partial charge on any atom is 0.350 e. The normalized spacial score (nSPS) is 10.2. The number of hydrogen-bond acceptors (Lipinski definition) is 5. The fourth-order valence-corrected chi connectivity index (χ4v) is 2.82. The van der Waals surface area contributed by atoms with Gasteiger partial charge in [0.2, 0.25) is 0 Å². The first-order valence-corrected chi connectivity index (χ1v) is 7.16. The van der Waals surface area contributed by atoms with Crippen LogP contribution in [0.5, 0.6) is 0 Å². The van der Waals surface area contributed by atoms with Crippen molar-refractivity contribution < 1.29 is 14.3 Å². The molecule has 0 fully saturated rings. The summed E-state index contributed by atoms with van der Waals surface area (Å²) >= 11 is 1.23. The molecule has 1 heterocycles. The topological polar surface area (TPSA) is 81.4 Å². The van der Waals surface area contributed by atoms with Crippen LogP contribution >= 0.6 is 11.3 Å². The lowest BCUT2D eigenvalue weighted by Gasteiger charge is -2.10. The van der Waals surface area contributed by atoms with E-state index in [1.165, 1.54) is 18.4 Å². The predicted octanol–water partition coefficient (Wildman–Crippen LogP) is 2.99. The van der Waals surface area contributed by atoms with Crippen molar-refractivity contribution in [3.05, 3.63) is 45.1 Å². The van der Waals surface area contributed by atoms with Gasteiger partial charge in [0.1, 0.15) is 4.88 Å². The summed E-state index contributed by atoms with van der Waals surface area (Å²) in [7, 11) is 1.31. The lowest BCUT2D eigenvalue weighted by atomic mass is 10.1. The summed E-state index contributed by atoms with van der Waals surface area (Å²) in [4.78, 5) is 24.4. The number of carbonyl (C=O) groups is 2. The molecule has 0 aliphatic carbocycles. The minimum Gasteiger partial charge on any atom is -0.465 e. The monoisotopic (exact) mass is 304 g/mol. The van der Waals surface area contributed by atoms with Crippen LogP contribution in [0.15, 0.2) is 23.6 Å². The summed E-state index contributed by atoms with van der Waals surface area (Å²) < 4.78 is 4.72. The fraction of sp³-hybridized carbons (Fsp3) is 0.200. The zero-order chi connectivity index (χ0) is 15.6. The van der Waals surface area contributed by atoms with E-state index in [2.05, 4.69) is 5.32 Å². The number of esters is 1. The van der Waals surface area contributed by atoms with Gasteiger partial charge in [0, 0.05) is 5.69 Å². The first kappa shape index (κ1) is 15.1. The lowest BCUT2D eigenvalue weighted by Crippen LogP contribution is -2.16. The highest BCUT2D eigenvalue weighted by molar-refractivity contribution is 7.12. The Bertz CT molecular complexity index is 707. The number of nitrogens with two attached hydrogens (primary N) is 1. The lowest BCUT2D eigenvalue weighted by molar-refractivity contribution is 0.0607. The molecule has 1 aromatic carbocycles. The molecule has 5 nitrogen and oxygen atoms in total. The standard InChI is InChI=1S/C15H16N2O3S/c1-8-5-4-6-10(11(8)16)14(18)17-12-9(2)7-21-13(12)15(19)20-3/h4-7H,16H2,1-3H3,(H,17,18). The summed E-state index contributed by atoms with van der Waals surface area (Å²) in [5.74, 6) is -0.816. The summed E-state index contributed by atoms with van der Waals surface area (Å²) in [6.07, 6.45) is 0. The van der Waals surface area contributed by atoms with Crippen LogP contribution in [0.2, 0.25) is 0 Å². The third-order valence-electron chi connectivity index (χ3n) is 3.15. The highest BCUT2D eigenvalue weighted by atomic mass is 32.1. The molecular formula is C15H16N2O3S. The summed E-state index contributed by atoms with van der Waals surface area (Å²) in [6.45, 7) is 3.65. The van der Waals surface area contributed by atoms with Crippen LogP contribution in [0, 0.1) is 13.8 Å². The molecule has 110 valence electrons. The average Bonchev–Trinajstić information content (AvgIpc) is 2.82. The number of methoxy groups -OCH3 is 1. The predicted molar refractivity (Wildman–Crippen MR) is 83.9 cm³/mol. The van der Waals surface area contributed by atoms with Gasteiger partial charge in [0.15, 0.2) is 0 Å². The van der Waals surface area contributed by atoms with Crippen LogP contribution in [0.3, 0.4) is 0 Å². The number of thiophene rings is 1. The minimum absolute atomic E-state index is 0.345. The van der Waals surface area contributed by atoms with E-state index in [1.54, 1.807) is 17.5 Å². The molecule has 1 aromatic heterocycles. The molecule has 21 heavy (non-hydrogen) atoms. The Morgan fingerprint density at radius 1 is 1.24 bits per heavy atom. The van der Waals surface area contributed by atoms with Crippen LogP contribution in [0.1, 0.15) is 31.2 Å². The second-order valence-corrected chi connectivity index (χ2v) is 5.48. The van der Waals surface area contributed by atoms with E-state index in [0.717, 1.165) is 11.1 Å². The largest absolute Gasteiger partial charge is 0.465 e. The van der Waals surface area contributed by atoms with Gasteiger partial charge < -0.3 is 15.8 Å². The Kier molecular flexibility index (Phi) is 4.28. The quantitative estimate of drug-likeness (QED) is 0.674. The number of anilines is 2. The van der Waals surface area contributed by atoms with Crippen LogP contribution < -0.4 is 11.1 Å². The second kappa shape index (κ2) is 5.97. The number of rotatable bonds is 3. The van der Waals surface area contributed by atoms with Crippen molar-refractivity contribution in [3.8, 4) is 0 Å². The number of para-hydroxylation sites is 1. The van der Waals surface area contributed by atoms with Gasteiger partial charge in [-0.15, -0.1) is 11.3 Å². The summed E-state index contributed by atoms with van der Waals surface area (Å²) in [5, 5.41) is 4.54. The number of nitrogens with one attached hydrogen (secondary N) is 1. The third-order valence-corrected chi connectivity index (χ3v) is 4.23. The first-order chi connectivity index (χ1) is 9.95. The number of carbonyl (C=O) groups excluding carboxylic acids is 2. The molecule has 6 heteroatoms. The zero-order valence-electron chi connectivity index (χ0n) is 12.0. The molecular weight excluding hydrogens is 288 g/mol. The molecule has 0 unspecified atom stereocenters. The summed E-state index contributed by atoms with van der Waals surface area (Å²) in [6, 6.07) is 5.25. The average molecular weight is 304 g/mol. The SMILES string of the molecule is COC(=O)c1scc(C)c1NC(=O)c1cccc(C)c1N. The molecule has 0 spiro atoms. The van der Waals surface area contributed by atoms with Crippen molar-refractivity contribution in [1.82, 2.24) is 0 Å². The fourth-order valence-electron chi connectivity index (χ4n) is 1.90. The molecule has 3 N–H and O–H groups in total. The van der Waals surface area contributed by atoms with E-state index in [4.69, 9.17) is 10.5 Å². The van der Waals surface area contributed by atoms with E-state index < -0.39 is 5.97 Å². The van der Waals surface area contributed by atoms with Gasteiger partial charge in [-0.2, -0.15) is 0 Å². The van der Waals surface area contributed by atoms with Crippen LogP contribution in [-0.2, 0) is 4.74 Å². The van der Waals surface area contributed by atoms with Crippen molar-refractivity contribution in [3.63, 3.8) is 0 Å². The van der Waals surface area contributed by atoms with Crippen molar-refractivity contribution >= 4 is 34.6 Å². The van der Waals surface area contributed by atoms with E-state index >= 15 is 0 Å². The number of amides is 1. The molecule has 0 radical (unpaired) electrons. The smallest absolute Gasteiger partial charge is 0.350 e. The number of nitrogen functional groups attached to an aromatic ring is 1. The molecule has 0 aliphatic rings. The van der Waals surface area contributed by atoms with Gasteiger partial charge in [-0.05, 0) is 36.4 Å². The van der Waals surface area contributed by atoms with Gasteiger partial charge in [-0.25, -0.2) is 4.79 Å². The molecule has 0 saturated carbocycles.